The van der Waals surface area contributed by atoms with Crippen molar-refractivity contribution in [3.05, 3.63) is 30.3 Å². The van der Waals surface area contributed by atoms with E-state index < -0.39 is 16.1 Å². The Kier molecular flexibility index (Phi) is 5.42. The standard InChI is InChI=1S/C15H22N2O4S/c1-3-14(15(18)16-9-11-21-12-10-16)17(22(2,19)20)13-7-5-4-6-8-13/h4-8,14H,3,9-12H2,1-2H3. The summed E-state index contributed by atoms with van der Waals surface area (Å²) in [5.41, 5.74) is 0.512. The number of para-hydroxylation sites is 1. The molecular weight excluding hydrogens is 304 g/mol. The second kappa shape index (κ2) is 7.11. The summed E-state index contributed by atoms with van der Waals surface area (Å²) >= 11 is 0. The molecule has 1 aromatic rings. The molecule has 1 aliphatic heterocycles. The van der Waals surface area contributed by atoms with Gasteiger partial charge in [0.2, 0.25) is 15.9 Å². The summed E-state index contributed by atoms with van der Waals surface area (Å²) in [5, 5.41) is 0. The molecule has 1 aliphatic rings. The smallest absolute Gasteiger partial charge is 0.246 e. The van der Waals surface area contributed by atoms with Gasteiger partial charge in [-0.2, -0.15) is 0 Å². The van der Waals surface area contributed by atoms with Gasteiger partial charge in [-0.3, -0.25) is 9.10 Å². The van der Waals surface area contributed by atoms with Crippen LogP contribution in [0.5, 0.6) is 0 Å². The van der Waals surface area contributed by atoms with Gasteiger partial charge in [-0.25, -0.2) is 8.42 Å². The molecule has 0 saturated carbocycles. The van der Waals surface area contributed by atoms with Crippen LogP contribution in [0.25, 0.3) is 0 Å². The third-order valence-corrected chi connectivity index (χ3v) is 4.83. The molecule has 0 bridgehead atoms. The summed E-state index contributed by atoms with van der Waals surface area (Å²) in [7, 11) is -3.56. The number of anilines is 1. The Balaban J connectivity index is 2.33. The Labute approximate surface area is 131 Å². The number of morpholine rings is 1. The predicted octanol–water partition coefficient (Wildman–Crippen LogP) is 1.09. The number of hydrogen-bond acceptors (Lipinski definition) is 4. The monoisotopic (exact) mass is 326 g/mol. The van der Waals surface area contributed by atoms with Gasteiger partial charge in [-0.05, 0) is 18.6 Å². The first-order valence-electron chi connectivity index (χ1n) is 7.36. The molecule has 7 heteroatoms. The number of carbonyl (C=O) groups excluding carboxylic acids is 1. The predicted molar refractivity (Wildman–Crippen MR) is 85.2 cm³/mol. The summed E-state index contributed by atoms with van der Waals surface area (Å²) in [6, 6.07) is 8.02. The van der Waals surface area contributed by atoms with Crippen LogP contribution in [0.1, 0.15) is 13.3 Å². The van der Waals surface area contributed by atoms with Crippen LogP contribution in [0.2, 0.25) is 0 Å². The van der Waals surface area contributed by atoms with Gasteiger partial charge < -0.3 is 9.64 Å². The molecule has 1 fully saturated rings. The summed E-state index contributed by atoms with van der Waals surface area (Å²) in [6.45, 7) is 3.81. The molecule has 1 aromatic carbocycles. The van der Waals surface area contributed by atoms with Crippen molar-refractivity contribution in [3.63, 3.8) is 0 Å². The van der Waals surface area contributed by atoms with E-state index >= 15 is 0 Å². The van der Waals surface area contributed by atoms with E-state index in [1.807, 2.05) is 13.0 Å². The molecule has 0 N–H and O–H groups in total. The van der Waals surface area contributed by atoms with Crippen LogP contribution in [-0.2, 0) is 19.6 Å². The summed E-state index contributed by atoms with van der Waals surface area (Å²) < 4.78 is 31.0. The van der Waals surface area contributed by atoms with E-state index in [0.29, 0.717) is 38.4 Å². The molecule has 0 aliphatic carbocycles. The summed E-state index contributed by atoms with van der Waals surface area (Å²) in [5.74, 6) is -0.167. The third-order valence-electron chi connectivity index (χ3n) is 3.65. The van der Waals surface area contributed by atoms with E-state index in [-0.39, 0.29) is 5.91 Å². The van der Waals surface area contributed by atoms with Crippen molar-refractivity contribution in [1.82, 2.24) is 4.90 Å². The fraction of sp³-hybridized carbons (Fsp3) is 0.533. The second-order valence-corrected chi connectivity index (χ2v) is 7.12. The number of ether oxygens (including phenoxy) is 1. The normalized spacial score (nSPS) is 17.1. The first-order valence-corrected chi connectivity index (χ1v) is 9.21. The van der Waals surface area contributed by atoms with Crippen LogP contribution >= 0.6 is 0 Å². The minimum absolute atomic E-state index is 0.167. The highest BCUT2D eigenvalue weighted by Gasteiger charge is 2.34. The van der Waals surface area contributed by atoms with Gasteiger partial charge in [0.1, 0.15) is 6.04 Å². The number of hydrogen-bond donors (Lipinski definition) is 0. The van der Waals surface area contributed by atoms with E-state index in [1.54, 1.807) is 29.2 Å². The number of rotatable bonds is 5. The Morgan fingerprint density at radius 1 is 1.27 bits per heavy atom. The highest BCUT2D eigenvalue weighted by molar-refractivity contribution is 7.92. The number of sulfonamides is 1. The Hall–Kier alpha value is -1.60. The van der Waals surface area contributed by atoms with Crippen LogP contribution in [0.4, 0.5) is 5.69 Å². The van der Waals surface area contributed by atoms with Crippen molar-refractivity contribution in [3.8, 4) is 0 Å². The van der Waals surface area contributed by atoms with Gasteiger partial charge >= 0.3 is 0 Å². The molecular formula is C15H22N2O4S. The highest BCUT2D eigenvalue weighted by atomic mass is 32.2. The van der Waals surface area contributed by atoms with Crippen LogP contribution in [-0.4, -0.2) is 57.8 Å². The topological polar surface area (TPSA) is 66.9 Å². The van der Waals surface area contributed by atoms with E-state index in [1.165, 1.54) is 4.31 Å². The minimum Gasteiger partial charge on any atom is -0.378 e. The van der Waals surface area contributed by atoms with Crippen molar-refractivity contribution < 1.29 is 17.9 Å². The average molecular weight is 326 g/mol. The fourth-order valence-electron chi connectivity index (χ4n) is 2.61. The Bertz CT molecular complexity index is 597. The number of benzene rings is 1. The number of nitrogens with zero attached hydrogens (tertiary/aromatic N) is 2. The fourth-order valence-corrected chi connectivity index (χ4v) is 3.82. The van der Waals surface area contributed by atoms with Crippen LogP contribution in [0.3, 0.4) is 0 Å². The van der Waals surface area contributed by atoms with Crippen molar-refractivity contribution in [2.45, 2.75) is 19.4 Å². The van der Waals surface area contributed by atoms with Crippen LogP contribution in [0, 0.1) is 0 Å². The average Bonchev–Trinajstić information content (AvgIpc) is 2.52. The number of amides is 1. The lowest BCUT2D eigenvalue weighted by atomic mass is 10.1. The van der Waals surface area contributed by atoms with Gasteiger partial charge in [0.05, 0.1) is 25.2 Å². The maximum atomic E-state index is 12.8. The van der Waals surface area contributed by atoms with Crippen molar-refractivity contribution >= 4 is 21.6 Å². The number of carbonyl (C=O) groups is 1. The Morgan fingerprint density at radius 3 is 2.36 bits per heavy atom. The molecule has 1 amide bonds. The SMILES string of the molecule is CCC(C(=O)N1CCOCC1)N(c1ccccc1)S(C)(=O)=O. The lowest BCUT2D eigenvalue weighted by Crippen LogP contribution is -2.53. The molecule has 0 aromatic heterocycles. The summed E-state index contributed by atoms with van der Waals surface area (Å²) in [6.07, 6.45) is 1.55. The van der Waals surface area contributed by atoms with E-state index in [9.17, 15) is 13.2 Å². The first-order chi connectivity index (χ1) is 10.4. The molecule has 1 heterocycles. The third kappa shape index (κ3) is 3.78. The largest absolute Gasteiger partial charge is 0.378 e. The van der Waals surface area contributed by atoms with Gasteiger partial charge in [-0.15, -0.1) is 0 Å². The second-order valence-electron chi connectivity index (χ2n) is 5.26. The molecule has 1 unspecified atom stereocenters. The quantitative estimate of drug-likeness (QED) is 0.812. The lowest BCUT2D eigenvalue weighted by Gasteiger charge is -2.35. The van der Waals surface area contributed by atoms with Gasteiger partial charge in [0.15, 0.2) is 0 Å². The molecule has 1 atom stereocenters. The molecule has 6 nitrogen and oxygen atoms in total. The highest BCUT2D eigenvalue weighted by Crippen LogP contribution is 2.23. The van der Waals surface area contributed by atoms with E-state index in [4.69, 9.17) is 4.74 Å². The first kappa shape index (κ1) is 16.8. The molecule has 0 radical (unpaired) electrons. The van der Waals surface area contributed by atoms with Crippen molar-refractivity contribution in [2.75, 3.05) is 36.9 Å². The van der Waals surface area contributed by atoms with Gasteiger partial charge in [-0.1, -0.05) is 25.1 Å². The van der Waals surface area contributed by atoms with Gasteiger partial charge in [0, 0.05) is 13.1 Å². The zero-order valence-corrected chi connectivity index (χ0v) is 13.8. The molecule has 1 saturated heterocycles. The maximum absolute atomic E-state index is 12.8. The van der Waals surface area contributed by atoms with E-state index in [2.05, 4.69) is 0 Å². The molecule has 122 valence electrons. The molecule has 0 spiro atoms. The van der Waals surface area contributed by atoms with Crippen molar-refractivity contribution in [1.29, 1.82) is 0 Å². The molecule has 22 heavy (non-hydrogen) atoms. The zero-order chi connectivity index (χ0) is 16.2. The van der Waals surface area contributed by atoms with Crippen LogP contribution in [0.15, 0.2) is 30.3 Å². The minimum atomic E-state index is -3.56. The Morgan fingerprint density at radius 2 is 1.86 bits per heavy atom. The van der Waals surface area contributed by atoms with Crippen molar-refractivity contribution in [2.24, 2.45) is 0 Å². The molecule has 2 rings (SSSR count). The van der Waals surface area contributed by atoms with Gasteiger partial charge in [0.25, 0.3) is 0 Å². The van der Waals surface area contributed by atoms with Crippen LogP contribution < -0.4 is 4.31 Å². The maximum Gasteiger partial charge on any atom is 0.246 e. The zero-order valence-electron chi connectivity index (χ0n) is 12.9. The van der Waals surface area contributed by atoms with E-state index in [0.717, 1.165) is 6.26 Å². The lowest BCUT2D eigenvalue weighted by molar-refractivity contribution is -0.136. The summed E-state index contributed by atoms with van der Waals surface area (Å²) in [4.78, 5) is 14.4.